The predicted molar refractivity (Wildman–Crippen MR) is 66.4 cm³/mol. The summed E-state index contributed by atoms with van der Waals surface area (Å²) in [4.78, 5) is 0. The third-order valence-electron chi connectivity index (χ3n) is 1.82. The van der Waals surface area contributed by atoms with Crippen LogP contribution >= 0.6 is 0 Å². The Morgan fingerprint density at radius 2 is 1.94 bits per heavy atom. The van der Waals surface area contributed by atoms with Gasteiger partial charge in [-0.3, -0.25) is 0 Å². The van der Waals surface area contributed by atoms with Crippen LogP contribution in [-0.4, -0.2) is 22.9 Å². The van der Waals surface area contributed by atoms with Crippen LogP contribution in [-0.2, 0) is 0 Å². The highest BCUT2D eigenvalue weighted by molar-refractivity contribution is 5.25. The van der Waals surface area contributed by atoms with Crippen LogP contribution in [0.1, 0.15) is 25.7 Å². The maximum absolute atomic E-state index is 9.44. The number of rotatable bonds is 5. The van der Waals surface area contributed by atoms with Crippen molar-refractivity contribution in [1.82, 2.24) is 0 Å². The monoisotopic (exact) mass is 218 g/mol. The van der Waals surface area contributed by atoms with Gasteiger partial charge in [0.05, 0.1) is 0 Å². The second kappa shape index (κ2) is 11.6. The van der Waals surface area contributed by atoms with Crippen molar-refractivity contribution in [2.45, 2.75) is 31.8 Å². The largest absolute Gasteiger partial charge is 0.384 e. The second-order valence-electron chi connectivity index (χ2n) is 3.19. The molecule has 0 aliphatic heterocycles. The first-order valence-corrected chi connectivity index (χ1v) is 5.35. The van der Waals surface area contributed by atoms with Gasteiger partial charge in [-0.25, -0.2) is 0 Å². The maximum atomic E-state index is 9.44. The summed E-state index contributed by atoms with van der Waals surface area (Å²) in [5, 5.41) is 17.8. The summed E-state index contributed by atoms with van der Waals surface area (Å²) in [7, 11) is 0. The van der Waals surface area contributed by atoms with Gasteiger partial charge in [0.15, 0.2) is 0 Å². The Balaban J connectivity index is 3.69. The Morgan fingerprint density at radius 3 is 2.62 bits per heavy atom. The zero-order valence-corrected chi connectivity index (χ0v) is 9.45. The number of aliphatic hydroxyl groups is 2. The van der Waals surface area contributed by atoms with Crippen molar-refractivity contribution in [3.8, 4) is 23.7 Å². The van der Waals surface area contributed by atoms with Crippen LogP contribution in [0.4, 0.5) is 0 Å². The van der Waals surface area contributed by atoms with E-state index in [4.69, 9.17) is 5.11 Å². The van der Waals surface area contributed by atoms with Crippen molar-refractivity contribution < 1.29 is 10.2 Å². The number of unbranched alkanes of at least 4 members (excludes halogenated alkanes) is 2. The van der Waals surface area contributed by atoms with Crippen LogP contribution in [0.25, 0.3) is 0 Å². The fourth-order valence-electron chi connectivity index (χ4n) is 1.03. The van der Waals surface area contributed by atoms with E-state index in [0.29, 0.717) is 6.42 Å². The minimum Gasteiger partial charge on any atom is -0.384 e. The smallest absolute Gasteiger partial charge is 0.115 e. The molecule has 0 saturated heterocycles. The Bertz CT molecular complexity index is 320. The zero-order valence-electron chi connectivity index (χ0n) is 9.45. The Labute approximate surface area is 97.7 Å². The molecule has 2 heteroatoms. The van der Waals surface area contributed by atoms with E-state index in [0.717, 1.165) is 19.3 Å². The fourth-order valence-corrected chi connectivity index (χ4v) is 1.03. The van der Waals surface area contributed by atoms with Crippen molar-refractivity contribution in [1.29, 1.82) is 0 Å². The lowest BCUT2D eigenvalue weighted by Gasteiger charge is -2.00. The van der Waals surface area contributed by atoms with Crippen molar-refractivity contribution in [3.63, 3.8) is 0 Å². The minimum atomic E-state index is -0.569. The first-order valence-electron chi connectivity index (χ1n) is 5.35. The first kappa shape index (κ1) is 14.5. The van der Waals surface area contributed by atoms with Gasteiger partial charge >= 0.3 is 0 Å². The van der Waals surface area contributed by atoms with Crippen molar-refractivity contribution in [2.24, 2.45) is 0 Å². The van der Waals surface area contributed by atoms with Gasteiger partial charge in [0.1, 0.15) is 12.7 Å². The first-order chi connectivity index (χ1) is 7.81. The summed E-state index contributed by atoms with van der Waals surface area (Å²) >= 11 is 0. The molecule has 16 heavy (non-hydrogen) atoms. The van der Waals surface area contributed by atoms with Gasteiger partial charge in [-0.1, -0.05) is 29.8 Å². The highest BCUT2D eigenvalue weighted by atomic mass is 16.3. The standard InChI is InChI=1S/C14H18O2/c1-2-3-4-8-11-14(16)12-9-6-5-7-10-13-15/h2,5-6,14-16H,1,3-4,8,11,13H2/b6-5-. The lowest BCUT2D eigenvalue weighted by molar-refractivity contribution is 0.218. The molecule has 0 aliphatic rings. The molecule has 0 aliphatic carbocycles. The summed E-state index contributed by atoms with van der Waals surface area (Å²) in [6.45, 7) is 3.48. The highest BCUT2D eigenvalue weighted by Crippen LogP contribution is 2.02. The van der Waals surface area contributed by atoms with E-state index < -0.39 is 6.10 Å². The SMILES string of the molecule is C=CCCCCC(O)C#C/C=C\C#CCO. The molecule has 0 radical (unpaired) electrons. The van der Waals surface area contributed by atoms with Gasteiger partial charge in [0.25, 0.3) is 0 Å². The molecule has 2 N–H and O–H groups in total. The molecule has 0 aromatic carbocycles. The summed E-state index contributed by atoms with van der Waals surface area (Å²) in [6, 6.07) is 0. The fraction of sp³-hybridized carbons (Fsp3) is 0.429. The van der Waals surface area contributed by atoms with Crippen LogP contribution in [0.3, 0.4) is 0 Å². The molecule has 1 atom stereocenters. The minimum absolute atomic E-state index is 0.149. The Kier molecular flexibility index (Phi) is 10.5. The number of hydrogen-bond donors (Lipinski definition) is 2. The molecule has 0 spiro atoms. The normalized spacial score (nSPS) is 11.1. The third-order valence-corrected chi connectivity index (χ3v) is 1.82. The molecule has 2 nitrogen and oxygen atoms in total. The van der Waals surface area contributed by atoms with Crippen LogP contribution in [0.2, 0.25) is 0 Å². The Hall–Kier alpha value is -1.48. The van der Waals surface area contributed by atoms with Crippen LogP contribution in [0.15, 0.2) is 24.8 Å². The van der Waals surface area contributed by atoms with Gasteiger partial charge in [-0.15, -0.1) is 6.58 Å². The molecule has 0 aromatic rings. The second-order valence-corrected chi connectivity index (χ2v) is 3.19. The highest BCUT2D eigenvalue weighted by Gasteiger charge is 1.96. The lowest BCUT2D eigenvalue weighted by Crippen LogP contribution is -2.01. The van der Waals surface area contributed by atoms with E-state index >= 15 is 0 Å². The summed E-state index contributed by atoms with van der Waals surface area (Å²) in [5.74, 6) is 10.5. The molecule has 0 aromatic heterocycles. The van der Waals surface area contributed by atoms with Crippen LogP contribution in [0, 0.1) is 23.7 Å². The van der Waals surface area contributed by atoms with Crippen molar-refractivity contribution in [3.05, 3.63) is 24.8 Å². The van der Waals surface area contributed by atoms with Crippen molar-refractivity contribution in [2.75, 3.05) is 6.61 Å². The average Bonchev–Trinajstić information content (AvgIpc) is 2.29. The third kappa shape index (κ3) is 10.6. The molecule has 0 heterocycles. The van der Waals surface area contributed by atoms with Gasteiger partial charge in [-0.05, 0) is 37.8 Å². The van der Waals surface area contributed by atoms with E-state index in [2.05, 4.69) is 30.3 Å². The molecule has 0 saturated carbocycles. The summed E-state index contributed by atoms with van der Waals surface area (Å²) < 4.78 is 0. The average molecular weight is 218 g/mol. The lowest BCUT2D eigenvalue weighted by atomic mass is 10.1. The zero-order chi connectivity index (χ0) is 12.1. The molecule has 0 amide bonds. The molecular formula is C14H18O2. The van der Waals surface area contributed by atoms with Gasteiger partial charge in [0.2, 0.25) is 0 Å². The van der Waals surface area contributed by atoms with Gasteiger partial charge < -0.3 is 10.2 Å². The molecular weight excluding hydrogens is 200 g/mol. The van der Waals surface area contributed by atoms with Crippen LogP contribution < -0.4 is 0 Å². The quantitative estimate of drug-likeness (QED) is 0.418. The van der Waals surface area contributed by atoms with Crippen molar-refractivity contribution >= 4 is 0 Å². The van der Waals surface area contributed by atoms with E-state index in [9.17, 15) is 5.11 Å². The van der Waals surface area contributed by atoms with E-state index in [1.54, 1.807) is 12.2 Å². The maximum Gasteiger partial charge on any atom is 0.115 e. The van der Waals surface area contributed by atoms with E-state index in [1.165, 1.54) is 0 Å². The number of aliphatic hydroxyl groups excluding tert-OH is 2. The van der Waals surface area contributed by atoms with Gasteiger partial charge in [-0.2, -0.15) is 0 Å². The number of hydrogen-bond acceptors (Lipinski definition) is 2. The molecule has 0 bridgehead atoms. The molecule has 1 unspecified atom stereocenters. The summed E-state index contributed by atoms with van der Waals surface area (Å²) in [6.07, 6.45) is 8.09. The molecule has 0 rings (SSSR count). The van der Waals surface area contributed by atoms with E-state index in [-0.39, 0.29) is 6.61 Å². The topological polar surface area (TPSA) is 40.5 Å². The molecule has 86 valence electrons. The predicted octanol–water partition coefficient (Wildman–Crippen LogP) is 1.65. The Morgan fingerprint density at radius 1 is 1.19 bits per heavy atom. The number of allylic oxidation sites excluding steroid dienone is 3. The molecule has 0 fully saturated rings. The summed E-state index contributed by atoms with van der Waals surface area (Å²) in [5.41, 5.74) is 0. The van der Waals surface area contributed by atoms with Gasteiger partial charge in [0, 0.05) is 0 Å². The van der Waals surface area contributed by atoms with E-state index in [1.807, 2.05) is 6.08 Å². The van der Waals surface area contributed by atoms with Crippen LogP contribution in [0.5, 0.6) is 0 Å².